The van der Waals surface area contributed by atoms with Crippen LogP contribution in [-0.2, 0) is 23.1 Å². The number of alkyl halides is 2. The van der Waals surface area contributed by atoms with E-state index in [0.29, 0.717) is 11.2 Å². The SMILES string of the molecule is CCn1nc(C)c(CN(C)S(=O)(=O)c2c(C)nn(C(F)F)c2C)c1C. The van der Waals surface area contributed by atoms with Crippen molar-refractivity contribution >= 4 is 10.0 Å². The van der Waals surface area contributed by atoms with E-state index in [0.717, 1.165) is 21.3 Å². The fourth-order valence-corrected chi connectivity index (χ4v) is 4.44. The molecule has 0 aliphatic heterocycles. The van der Waals surface area contributed by atoms with Gasteiger partial charge < -0.3 is 0 Å². The summed E-state index contributed by atoms with van der Waals surface area (Å²) in [6.45, 7) is 6.30. The molecule has 2 aromatic rings. The molecule has 0 aliphatic rings. The number of rotatable bonds is 6. The molecule has 2 heterocycles. The maximum absolute atomic E-state index is 13.0. The van der Waals surface area contributed by atoms with Crippen molar-refractivity contribution in [2.24, 2.45) is 0 Å². The van der Waals surface area contributed by atoms with Gasteiger partial charge in [0.2, 0.25) is 10.0 Å². The highest BCUT2D eigenvalue weighted by atomic mass is 32.2. The molecule has 0 fully saturated rings. The van der Waals surface area contributed by atoms with Crippen molar-refractivity contribution in [3.05, 3.63) is 28.3 Å². The predicted molar refractivity (Wildman–Crippen MR) is 89.0 cm³/mol. The second-order valence-corrected chi connectivity index (χ2v) is 7.93. The van der Waals surface area contributed by atoms with E-state index in [1.165, 1.54) is 20.9 Å². The van der Waals surface area contributed by atoms with E-state index >= 15 is 0 Å². The molecule has 7 nitrogen and oxygen atoms in total. The fraction of sp³-hybridized carbons (Fsp3) is 0.600. The van der Waals surface area contributed by atoms with Crippen LogP contribution in [0.3, 0.4) is 0 Å². The Morgan fingerprint density at radius 2 is 1.68 bits per heavy atom. The van der Waals surface area contributed by atoms with Crippen molar-refractivity contribution in [2.75, 3.05) is 7.05 Å². The first kappa shape index (κ1) is 19.5. The molecule has 0 saturated carbocycles. The lowest BCUT2D eigenvalue weighted by Gasteiger charge is -2.18. The van der Waals surface area contributed by atoms with Gasteiger partial charge in [-0.2, -0.15) is 23.3 Å². The van der Waals surface area contributed by atoms with Crippen molar-refractivity contribution in [2.45, 2.75) is 59.2 Å². The van der Waals surface area contributed by atoms with E-state index in [2.05, 4.69) is 10.2 Å². The number of hydrogen-bond donors (Lipinski definition) is 0. The van der Waals surface area contributed by atoms with Gasteiger partial charge in [0, 0.05) is 31.4 Å². The minimum absolute atomic E-state index is 0.0577. The Morgan fingerprint density at radius 3 is 2.12 bits per heavy atom. The molecule has 0 N–H and O–H groups in total. The Morgan fingerprint density at radius 1 is 1.08 bits per heavy atom. The van der Waals surface area contributed by atoms with E-state index in [1.807, 2.05) is 20.8 Å². The molecule has 0 spiro atoms. The summed E-state index contributed by atoms with van der Waals surface area (Å²) in [5, 5.41) is 8.04. The van der Waals surface area contributed by atoms with Crippen LogP contribution >= 0.6 is 0 Å². The lowest BCUT2D eigenvalue weighted by molar-refractivity contribution is 0.0538. The van der Waals surface area contributed by atoms with Crippen molar-refractivity contribution < 1.29 is 17.2 Å². The molecule has 140 valence electrons. The maximum atomic E-state index is 13.0. The smallest absolute Gasteiger partial charge is 0.270 e. The first-order valence-corrected chi connectivity index (χ1v) is 9.29. The van der Waals surface area contributed by atoms with Crippen LogP contribution in [0.15, 0.2) is 4.90 Å². The molecule has 0 aliphatic carbocycles. The summed E-state index contributed by atoms with van der Waals surface area (Å²) >= 11 is 0. The third-order valence-electron chi connectivity index (χ3n) is 4.32. The maximum Gasteiger partial charge on any atom is 0.333 e. The van der Waals surface area contributed by atoms with Gasteiger partial charge in [-0.15, -0.1) is 0 Å². The highest BCUT2D eigenvalue weighted by Crippen LogP contribution is 2.27. The fourth-order valence-electron chi connectivity index (χ4n) is 2.95. The first-order valence-electron chi connectivity index (χ1n) is 7.85. The summed E-state index contributed by atoms with van der Waals surface area (Å²) in [5.41, 5.74) is 2.43. The van der Waals surface area contributed by atoms with Crippen LogP contribution in [0.4, 0.5) is 8.78 Å². The zero-order chi connectivity index (χ0) is 19.1. The summed E-state index contributed by atoms with van der Waals surface area (Å²) < 4.78 is 55.2. The zero-order valence-electron chi connectivity index (χ0n) is 15.2. The van der Waals surface area contributed by atoms with Gasteiger partial charge in [-0.05, 0) is 34.6 Å². The van der Waals surface area contributed by atoms with Crippen LogP contribution in [-0.4, -0.2) is 39.3 Å². The average Bonchev–Trinajstić information content (AvgIpc) is 2.97. The van der Waals surface area contributed by atoms with E-state index < -0.39 is 16.6 Å². The van der Waals surface area contributed by atoms with E-state index in [-0.39, 0.29) is 22.8 Å². The van der Waals surface area contributed by atoms with Gasteiger partial charge in [0.1, 0.15) is 4.90 Å². The number of aromatic nitrogens is 4. The highest BCUT2D eigenvalue weighted by Gasteiger charge is 2.31. The van der Waals surface area contributed by atoms with Gasteiger partial charge in [-0.1, -0.05) is 0 Å². The largest absolute Gasteiger partial charge is 0.333 e. The third kappa shape index (κ3) is 3.32. The Balaban J connectivity index is 2.43. The summed E-state index contributed by atoms with van der Waals surface area (Å²) in [5.74, 6) is 0. The van der Waals surface area contributed by atoms with Gasteiger partial charge in [0.25, 0.3) is 0 Å². The lowest BCUT2D eigenvalue weighted by atomic mass is 10.2. The third-order valence-corrected chi connectivity index (χ3v) is 6.38. The molecule has 2 aromatic heterocycles. The molecule has 0 unspecified atom stereocenters. The second kappa shape index (κ2) is 6.83. The summed E-state index contributed by atoms with van der Waals surface area (Å²) in [4.78, 5) is -0.173. The molecule has 0 amide bonds. The van der Waals surface area contributed by atoms with Crippen LogP contribution in [0.5, 0.6) is 0 Å². The molecule has 25 heavy (non-hydrogen) atoms. The molecule has 0 aromatic carbocycles. The number of nitrogens with zero attached hydrogens (tertiary/aromatic N) is 5. The lowest BCUT2D eigenvalue weighted by Crippen LogP contribution is -2.28. The number of halogens is 2. The molecule has 0 radical (unpaired) electrons. The van der Waals surface area contributed by atoms with Gasteiger partial charge in [-0.25, -0.2) is 13.1 Å². The summed E-state index contributed by atoms with van der Waals surface area (Å²) in [6.07, 6.45) is 0. The monoisotopic (exact) mass is 375 g/mol. The van der Waals surface area contributed by atoms with Gasteiger partial charge >= 0.3 is 6.55 Å². The van der Waals surface area contributed by atoms with Crippen LogP contribution < -0.4 is 0 Å². The summed E-state index contributed by atoms with van der Waals surface area (Å²) in [6, 6.07) is 0. The number of aryl methyl sites for hydroxylation is 3. The highest BCUT2D eigenvalue weighted by molar-refractivity contribution is 7.89. The van der Waals surface area contributed by atoms with Crippen molar-refractivity contribution in [1.29, 1.82) is 0 Å². The standard InChI is InChI=1S/C15H23F2N5O2S/c1-7-21-11(4)13(9(2)18-21)8-20(6)25(23,24)14-10(3)19-22(12(14)5)15(16)17/h15H,7-8H2,1-6H3. The van der Waals surface area contributed by atoms with E-state index in [4.69, 9.17) is 0 Å². The van der Waals surface area contributed by atoms with Crippen molar-refractivity contribution in [1.82, 2.24) is 23.9 Å². The minimum Gasteiger partial charge on any atom is -0.270 e. The Bertz CT molecular complexity index is 886. The number of hydrogen-bond acceptors (Lipinski definition) is 4. The second-order valence-electron chi connectivity index (χ2n) is 5.95. The quantitative estimate of drug-likeness (QED) is 0.778. The van der Waals surface area contributed by atoms with Crippen LogP contribution in [0.2, 0.25) is 0 Å². The van der Waals surface area contributed by atoms with Gasteiger partial charge in [0.05, 0.1) is 17.1 Å². The minimum atomic E-state index is -3.96. The molecule has 10 heteroatoms. The molecule has 2 rings (SSSR count). The zero-order valence-corrected chi connectivity index (χ0v) is 16.0. The Kier molecular flexibility index (Phi) is 5.33. The topological polar surface area (TPSA) is 73.0 Å². The molecule has 0 saturated heterocycles. The summed E-state index contributed by atoms with van der Waals surface area (Å²) in [7, 11) is -2.54. The van der Waals surface area contributed by atoms with Crippen LogP contribution in [0.25, 0.3) is 0 Å². The predicted octanol–water partition coefficient (Wildman–Crippen LogP) is 2.55. The number of sulfonamides is 1. The molecular weight excluding hydrogens is 352 g/mol. The van der Waals surface area contributed by atoms with E-state index in [9.17, 15) is 17.2 Å². The molecular formula is C15H23F2N5O2S. The van der Waals surface area contributed by atoms with Crippen molar-refractivity contribution in [3.8, 4) is 0 Å². The first-order chi connectivity index (χ1) is 11.5. The average molecular weight is 375 g/mol. The normalized spacial score (nSPS) is 12.6. The van der Waals surface area contributed by atoms with Gasteiger partial charge in [-0.3, -0.25) is 4.68 Å². The van der Waals surface area contributed by atoms with Gasteiger partial charge in [0.15, 0.2) is 0 Å². The Hall–Kier alpha value is -1.81. The van der Waals surface area contributed by atoms with E-state index in [1.54, 1.807) is 4.68 Å². The van der Waals surface area contributed by atoms with Crippen LogP contribution in [0.1, 0.15) is 41.8 Å². The Labute approximate surface area is 146 Å². The van der Waals surface area contributed by atoms with Crippen molar-refractivity contribution in [3.63, 3.8) is 0 Å². The molecule has 0 atom stereocenters. The molecule has 0 bridgehead atoms. The van der Waals surface area contributed by atoms with Crippen LogP contribution in [0, 0.1) is 27.7 Å².